The fourth-order valence-electron chi connectivity index (χ4n) is 1.93. The fraction of sp³-hybridized carbons (Fsp3) is 0.308. The first-order valence-corrected chi connectivity index (χ1v) is 5.45. The van der Waals surface area contributed by atoms with E-state index in [-0.39, 0.29) is 16.5 Å². The molecule has 1 aromatic heterocycles. The van der Waals surface area contributed by atoms with Gasteiger partial charge in [0, 0.05) is 16.5 Å². The van der Waals surface area contributed by atoms with Crippen LogP contribution in [0.2, 0.25) is 0 Å². The van der Waals surface area contributed by atoms with Crippen molar-refractivity contribution < 1.29 is 17.6 Å². The van der Waals surface area contributed by atoms with Crippen molar-refractivity contribution >= 4 is 11.0 Å². The molecule has 0 saturated carbocycles. The zero-order valence-corrected chi connectivity index (χ0v) is 10.1. The van der Waals surface area contributed by atoms with Crippen molar-refractivity contribution in [3.8, 4) is 0 Å². The highest BCUT2D eigenvalue weighted by atomic mass is 19.1. The molecule has 0 spiro atoms. The van der Waals surface area contributed by atoms with Crippen LogP contribution in [0.4, 0.5) is 13.2 Å². The van der Waals surface area contributed by atoms with Gasteiger partial charge in [0.25, 0.3) is 0 Å². The second-order valence-electron chi connectivity index (χ2n) is 4.45. The third-order valence-electron chi connectivity index (χ3n) is 2.89. The standard InChI is InChI=1S/C13H11F3O2/c1-5(2)9-8(14)4-7-6(3)10(15)13(17)18-12(7)11(9)16/h4-5H,1-3H3. The van der Waals surface area contributed by atoms with Gasteiger partial charge >= 0.3 is 5.63 Å². The van der Waals surface area contributed by atoms with Crippen LogP contribution >= 0.6 is 0 Å². The minimum Gasteiger partial charge on any atom is -0.417 e. The monoisotopic (exact) mass is 256 g/mol. The Bertz CT molecular complexity index is 687. The fourth-order valence-corrected chi connectivity index (χ4v) is 1.93. The van der Waals surface area contributed by atoms with Gasteiger partial charge in [0.2, 0.25) is 5.82 Å². The maximum Gasteiger partial charge on any atom is 0.373 e. The van der Waals surface area contributed by atoms with Gasteiger partial charge in [-0.1, -0.05) is 13.8 Å². The Morgan fingerprint density at radius 3 is 2.33 bits per heavy atom. The molecule has 2 aromatic rings. The van der Waals surface area contributed by atoms with Gasteiger partial charge in [-0.2, -0.15) is 4.39 Å². The Kier molecular flexibility index (Phi) is 2.92. The van der Waals surface area contributed by atoms with Gasteiger partial charge in [-0.15, -0.1) is 0 Å². The van der Waals surface area contributed by atoms with Gasteiger partial charge in [0.15, 0.2) is 11.4 Å². The maximum absolute atomic E-state index is 14.1. The quantitative estimate of drug-likeness (QED) is 0.729. The largest absolute Gasteiger partial charge is 0.417 e. The number of rotatable bonds is 1. The Morgan fingerprint density at radius 1 is 1.17 bits per heavy atom. The maximum atomic E-state index is 14.1. The molecular weight excluding hydrogens is 245 g/mol. The highest BCUT2D eigenvalue weighted by molar-refractivity contribution is 5.81. The second kappa shape index (κ2) is 4.15. The van der Waals surface area contributed by atoms with Gasteiger partial charge in [-0.05, 0) is 18.9 Å². The van der Waals surface area contributed by atoms with Gasteiger partial charge in [-0.3, -0.25) is 0 Å². The van der Waals surface area contributed by atoms with Crippen LogP contribution in [0, 0.1) is 24.4 Å². The first-order valence-electron chi connectivity index (χ1n) is 5.45. The van der Waals surface area contributed by atoms with E-state index in [0.717, 1.165) is 6.07 Å². The Balaban J connectivity index is 3.01. The molecule has 0 unspecified atom stereocenters. The van der Waals surface area contributed by atoms with Crippen LogP contribution in [0.5, 0.6) is 0 Å². The van der Waals surface area contributed by atoms with Crippen LogP contribution < -0.4 is 5.63 Å². The zero-order chi connectivity index (χ0) is 13.6. The summed E-state index contributed by atoms with van der Waals surface area (Å²) in [6, 6.07) is 0.995. The van der Waals surface area contributed by atoms with Crippen LogP contribution in [0.1, 0.15) is 30.9 Å². The van der Waals surface area contributed by atoms with Crippen LogP contribution in [-0.4, -0.2) is 0 Å². The molecule has 0 aliphatic carbocycles. The summed E-state index contributed by atoms with van der Waals surface area (Å²) >= 11 is 0. The number of hydrogen-bond acceptors (Lipinski definition) is 2. The highest BCUT2D eigenvalue weighted by Gasteiger charge is 2.21. The third-order valence-corrected chi connectivity index (χ3v) is 2.89. The minimum absolute atomic E-state index is 0.0634. The van der Waals surface area contributed by atoms with E-state index in [1.807, 2.05) is 0 Å². The topological polar surface area (TPSA) is 30.2 Å². The van der Waals surface area contributed by atoms with E-state index in [1.165, 1.54) is 6.92 Å². The van der Waals surface area contributed by atoms with E-state index in [4.69, 9.17) is 0 Å². The van der Waals surface area contributed by atoms with Crippen LogP contribution in [-0.2, 0) is 0 Å². The summed E-state index contributed by atoms with van der Waals surface area (Å²) in [4.78, 5) is 11.2. The molecule has 1 aromatic carbocycles. The minimum atomic E-state index is -1.25. The van der Waals surface area contributed by atoms with Crippen LogP contribution in [0.15, 0.2) is 15.3 Å². The molecule has 0 radical (unpaired) electrons. The SMILES string of the molecule is Cc1c(F)c(=O)oc2c(F)c(C(C)C)c(F)cc12. The van der Waals surface area contributed by atoms with Crippen molar-refractivity contribution in [2.45, 2.75) is 26.7 Å². The summed E-state index contributed by atoms with van der Waals surface area (Å²) in [6.45, 7) is 4.51. The van der Waals surface area contributed by atoms with Crippen LogP contribution in [0.25, 0.3) is 11.0 Å². The number of fused-ring (bicyclic) bond motifs is 1. The number of halogens is 3. The number of hydrogen-bond donors (Lipinski definition) is 0. The molecular formula is C13H11F3O2. The van der Waals surface area contributed by atoms with E-state index in [1.54, 1.807) is 13.8 Å². The molecule has 5 heteroatoms. The van der Waals surface area contributed by atoms with Gasteiger partial charge < -0.3 is 4.42 Å². The molecule has 0 fully saturated rings. The summed E-state index contributed by atoms with van der Waals surface area (Å²) in [6.07, 6.45) is 0. The lowest BCUT2D eigenvalue weighted by Crippen LogP contribution is -2.09. The highest BCUT2D eigenvalue weighted by Crippen LogP contribution is 2.30. The molecule has 2 rings (SSSR count). The van der Waals surface area contributed by atoms with Gasteiger partial charge in [0.1, 0.15) is 5.82 Å². The lowest BCUT2D eigenvalue weighted by molar-refractivity contribution is 0.459. The average molecular weight is 256 g/mol. The van der Waals surface area contributed by atoms with Crippen molar-refractivity contribution in [2.75, 3.05) is 0 Å². The lowest BCUT2D eigenvalue weighted by Gasteiger charge is -2.11. The van der Waals surface area contributed by atoms with E-state index in [2.05, 4.69) is 4.42 Å². The predicted molar refractivity (Wildman–Crippen MR) is 61.2 cm³/mol. The molecule has 0 bridgehead atoms. The third kappa shape index (κ3) is 1.70. The number of aryl methyl sites for hydroxylation is 1. The molecule has 0 atom stereocenters. The smallest absolute Gasteiger partial charge is 0.373 e. The van der Waals surface area contributed by atoms with E-state index < -0.39 is 34.6 Å². The summed E-state index contributed by atoms with van der Waals surface area (Å²) in [5.41, 5.74) is -1.93. The average Bonchev–Trinajstić information content (AvgIpc) is 2.28. The Hall–Kier alpha value is -1.78. The molecule has 0 aliphatic rings. The van der Waals surface area contributed by atoms with Gasteiger partial charge in [0.05, 0.1) is 0 Å². The van der Waals surface area contributed by atoms with E-state index in [9.17, 15) is 18.0 Å². The molecule has 0 saturated heterocycles. The molecule has 0 aliphatic heterocycles. The number of benzene rings is 1. The molecule has 2 nitrogen and oxygen atoms in total. The normalized spacial score (nSPS) is 11.5. The first kappa shape index (κ1) is 12.7. The molecule has 96 valence electrons. The zero-order valence-electron chi connectivity index (χ0n) is 10.1. The molecule has 18 heavy (non-hydrogen) atoms. The van der Waals surface area contributed by atoms with Gasteiger partial charge in [-0.25, -0.2) is 13.6 Å². The summed E-state index contributed by atoms with van der Waals surface area (Å²) in [5, 5.41) is -0.0634. The van der Waals surface area contributed by atoms with Crippen molar-refractivity contribution in [1.82, 2.24) is 0 Å². The summed E-state index contributed by atoms with van der Waals surface area (Å²) in [5.74, 6) is -3.25. The Morgan fingerprint density at radius 2 is 1.78 bits per heavy atom. The molecule has 0 amide bonds. The van der Waals surface area contributed by atoms with Crippen molar-refractivity contribution in [2.24, 2.45) is 0 Å². The van der Waals surface area contributed by atoms with E-state index >= 15 is 0 Å². The van der Waals surface area contributed by atoms with Crippen molar-refractivity contribution in [3.63, 3.8) is 0 Å². The second-order valence-corrected chi connectivity index (χ2v) is 4.45. The molecule has 0 N–H and O–H groups in total. The summed E-state index contributed by atoms with van der Waals surface area (Å²) in [7, 11) is 0. The van der Waals surface area contributed by atoms with Crippen LogP contribution in [0.3, 0.4) is 0 Å². The van der Waals surface area contributed by atoms with E-state index in [0.29, 0.717) is 0 Å². The van der Waals surface area contributed by atoms with Crippen molar-refractivity contribution in [3.05, 3.63) is 45.1 Å². The first-order chi connectivity index (χ1) is 8.34. The predicted octanol–water partition coefficient (Wildman–Crippen LogP) is 3.64. The Labute approximate surface area is 101 Å². The lowest BCUT2D eigenvalue weighted by atomic mass is 9.99. The summed E-state index contributed by atoms with van der Waals surface area (Å²) < 4.78 is 45.7. The molecule has 1 heterocycles. The van der Waals surface area contributed by atoms with Crippen molar-refractivity contribution in [1.29, 1.82) is 0 Å².